The smallest absolute Gasteiger partial charge is 0.196 e. The summed E-state index contributed by atoms with van der Waals surface area (Å²) in [6.07, 6.45) is 0.454. The van der Waals surface area contributed by atoms with E-state index in [1.165, 1.54) is 0 Å². The maximum Gasteiger partial charge on any atom is 0.196 e. The molecule has 0 saturated heterocycles. The van der Waals surface area contributed by atoms with Crippen molar-refractivity contribution < 1.29 is 4.42 Å². The molecule has 0 atom stereocenters. The lowest BCUT2D eigenvalue weighted by Crippen LogP contribution is -2.12. The highest BCUT2D eigenvalue weighted by Crippen LogP contribution is 2.27. The highest BCUT2D eigenvalue weighted by molar-refractivity contribution is 5.80. The van der Waals surface area contributed by atoms with Crippen molar-refractivity contribution in [1.29, 1.82) is 0 Å². The molecule has 3 aromatic carbocycles. The molecule has 0 aliphatic heterocycles. The van der Waals surface area contributed by atoms with Gasteiger partial charge in [-0.1, -0.05) is 66.7 Å². The van der Waals surface area contributed by atoms with Gasteiger partial charge < -0.3 is 9.52 Å². The van der Waals surface area contributed by atoms with E-state index in [0.717, 1.165) is 16.7 Å². The molecule has 0 saturated carbocycles. The first kappa shape index (κ1) is 17.1. The van der Waals surface area contributed by atoms with Crippen LogP contribution in [0.2, 0.25) is 0 Å². The number of aromatic nitrogens is 4. The molecule has 140 valence electrons. The standard InChI is InChI=1S/C23H15N4O2/c28-21-18-8-4-5-9-20(18)29-22(16-6-2-1-3-7-16)19(21)14-15-10-12-17(13-11-15)23-24-26-27-25-23/h1-13H,14H2/q-1. The van der Waals surface area contributed by atoms with Gasteiger partial charge >= 0.3 is 0 Å². The van der Waals surface area contributed by atoms with E-state index < -0.39 is 0 Å². The van der Waals surface area contributed by atoms with Crippen molar-refractivity contribution >= 4 is 11.0 Å². The molecule has 0 N–H and O–H groups in total. The van der Waals surface area contributed by atoms with E-state index in [1.54, 1.807) is 6.07 Å². The van der Waals surface area contributed by atoms with Gasteiger partial charge in [-0.2, -0.15) is 5.21 Å². The average Bonchev–Trinajstić information content (AvgIpc) is 3.32. The molecule has 5 aromatic rings. The zero-order valence-electron chi connectivity index (χ0n) is 15.3. The van der Waals surface area contributed by atoms with Crippen LogP contribution in [0.5, 0.6) is 0 Å². The van der Waals surface area contributed by atoms with Gasteiger partial charge in [0, 0.05) is 23.4 Å². The Bertz CT molecular complexity index is 1330. The zero-order valence-corrected chi connectivity index (χ0v) is 15.3. The molecule has 0 amide bonds. The van der Waals surface area contributed by atoms with Crippen LogP contribution < -0.4 is 10.5 Å². The Labute approximate surface area is 165 Å². The molecule has 2 aromatic heterocycles. The number of fused-ring (bicyclic) bond motifs is 1. The predicted octanol–water partition coefficient (Wildman–Crippen LogP) is 3.86. The lowest BCUT2D eigenvalue weighted by molar-refractivity contribution is 0.611. The fourth-order valence-corrected chi connectivity index (χ4v) is 3.40. The van der Waals surface area contributed by atoms with Crippen LogP contribution in [0, 0.1) is 0 Å². The molecular weight excluding hydrogens is 364 g/mol. The van der Waals surface area contributed by atoms with Gasteiger partial charge in [0.15, 0.2) is 5.43 Å². The van der Waals surface area contributed by atoms with Crippen molar-refractivity contribution in [1.82, 2.24) is 20.6 Å². The van der Waals surface area contributed by atoms with E-state index in [0.29, 0.717) is 34.5 Å². The molecule has 0 unspecified atom stereocenters. The van der Waals surface area contributed by atoms with Crippen LogP contribution in [0.4, 0.5) is 0 Å². The number of rotatable bonds is 4. The molecule has 29 heavy (non-hydrogen) atoms. The fourth-order valence-electron chi connectivity index (χ4n) is 3.40. The first-order valence-electron chi connectivity index (χ1n) is 9.18. The second-order valence-electron chi connectivity index (χ2n) is 6.68. The summed E-state index contributed by atoms with van der Waals surface area (Å²) in [5, 5.41) is 15.3. The third kappa shape index (κ3) is 3.21. The Morgan fingerprint density at radius 1 is 0.828 bits per heavy atom. The molecule has 0 fully saturated rings. The number of benzene rings is 3. The van der Waals surface area contributed by atoms with Crippen LogP contribution in [0.25, 0.3) is 33.7 Å². The predicted molar refractivity (Wildman–Crippen MR) is 109 cm³/mol. The molecular formula is C23H15N4O2-. The molecule has 0 aliphatic carbocycles. The molecule has 2 heterocycles. The van der Waals surface area contributed by atoms with Crippen LogP contribution in [-0.4, -0.2) is 15.5 Å². The van der Waals surface area contributed by atoms with Gasteiger partial charge in [-0.3, -0.25) is 15.1 Å². The SMILES string of the molecule is O=c1c(Cc2ccc(-c3nnn[n-]3)cc2)c(-c2ccccc2)oc2ccccc12. The number of nitrogens with zero attached hydrogens (tertiary/aromatic N) is 4. The minimum Gasteiger partial charge on any atom is -0.456 e. The molecule has 0 spiro atoms. The summed E-state index contributed by atoms with van der Waals surface area (Å²) < 4.78 is 6.18. The number of hydrogen-bond acceptors (Lipinski definition) is 5. The first-order chi connectivity index (χ1) is 14.3. The average molecular weight is 379 g/mol. The lowest BCUT2D eigenvalue weighted by Gasteiger charge is -2.11. The maximum atomic E-state index is 13.3. The number of hydrogen-bond donors (Lipinski definition) is 0. The highest BCUT2D eigenvalue weighted by Gasteiger charge is 2.16. The van der Waals surface area contributed by atoms with E-state index in [-0.39, 0.29) is 5.43 Å². The third-order valence-corrected chi connectivity index (χ3v) is 4.84. The topological polar surface area (TPSA) is 83.0 Å². The number of tetrazole rings is 1. The summed E-state index contributed by atoms with van der Waals surface area (Å²) >= 11 is 0. The molecule has 6 heteroatoms. The normalized spacial score (nSPS) is 11.0. The lowest BCUT2D eigenvalue weighted by atomic mass is 9.98. The molecule has 5 rings (SSSR count). The van der Waals surface area contributed by atoms with Crippen molar-refractivity contribution in [2.24, 2.45) is 0 Å². The monoisotopic (exact) mass is 379 g/mol. The van der Waals surface area contributed by atoms with E-state index in [4.69, 9.17) is 4.42 Å². The summed E-state index contributed by atoms with van der Waals surface area (Å²) in [5.74, 6) is 1.08. The Morgan fingerprint density at radius 2 is 1.59 bits per heavy atom. The summed E-state index contributed by atoms with van der Waals surface area (Å²) in [7, 11) is 0. The van der Waals surface area contributed by atoms with E-state index in [9.17, 15) is 4.79 Å². The van der Waals surface area contributed by atoms with Gasteiger partial charge in [0.2, 0.25) is 0 Å². The third-order valence-electron chi connectivity index (χ3n) is 4.84. The molecule has 0 bridgehead atoms. The Balaban J connectivity index is 1.62. The van der Waals surface area contributed by atoms with Crippen molar-refractivity contribution in [3.8, 4) is 22.7 Å². The van der Waals surface area contributed by atoms with Crippen LogP contribution in [-0.2, 0) is 6.42 Å². The van der Waals surface area contributed by atoms with Crippen molar-refractivity contribution in [3.05, 3.63) is 100 Å². The Morgan fingerprint density at radius 3 is 2.34 bits per heavy atom. The summed E-state index contributed by atoms with van der Waals surface area (Å²) in [6.45, 7) is 0. The second kappa shape index (κ2) is 7.16. The maximum absolute atomic E-state index is 13.3. The van der Waals surface area contributed by atoms with Gasteiger partial charge in [0.05, 0.1) is 5.39 Å². The zero-order chi connectivity index (χ0) is 19.6. The van der Waals surface area contributed by atoms with E-state index in [1.807, 2.05) is 72.8 Å². The van der Waals surface area contributed by atoms with Gasteiger partial charge in [0.25, 0.3) is 0 Å². The van der Waals surface area contributed by atoms with Crippen LogP contribution >= 0.6 is 0 Å². The van der Waals surface area contributed by atoms with E-state index >= 15 is 0 Å². The van der Waals surface area contributed by atoms with E-state index in [2.05, 4.69) is 20.6 Å². The highest BCUT2D eigenvalue weighted by atomic mass is 16.3. The van der Waals surface area contributed by atoms with Gasteiger partial charge in [-0.05, 0) is 23.3 Å². The van der Waals surface area contributed by atoms with Gasteiger partial charge in [0.1, 0.15) is 11.3 Å². The largest absolute Gasteiger partial charge is 0.456 e. The van der Waals surface area contributed by atoms with Crippen LogP contribution in [0.1, 0.15) is 11.1 Å². The first-order valence-corrected chi connectivity index (χ1v) is 9.18. The summed E-state index contributed by atoms with van der Waals surface area (Å²) in [6, 6.07) is 24.8. The summed E-state index contributed by atoms with van der Waals surface area (Å²) in [5.41, 5.74) is 3.90. The van der Waals surface area contributed by atoms with Gasteiger partial charge in [-0.15, -0.1) is 0 Å². The Kier molecular flexibility index (Phi) is 4.22. The Hall–Kier alpha value is -4.06. The van der Waals surface area contributed by atoms with Crippen molar-refractivity contribution in [3.63, 3.8) is 0 Å². The molecule has 0 aliphatic rings. The quantitative estimate of drug-likeness (QED) is 0.471. The fraction of sp³-hybridized carbons (Fsp3) is 0.0435. The van der Waals surface area contributed by atoms with Crippen molar-refractivity contribution in [2.75, 3.05) is 0 Å². The second-order valence-corrected chi connectivity index (χ2v) is 6.68. The minimum absolute atomic E-state index is 0.0115. The molecule has 0 radical (unpaired) electrons. The van der Waals surface area contributed by atoms with Gasteiger partial charge in [-0.25, -0.2) is 0 Å². The van der Waals surface area contributed by atoms with Crippen LogP contribution in [0.3, 0.4) is 0 Å². The minimum atomic E-state index is -0.0115. The van der Waals surface area contributed by atoms with Crippen molar-refractivity contribution in [2.45, 2.75) is 6.42 Å². The molecule has 6 nitrogen and oxygen atoms in total. The summed E-state index contributed by atoms with van der Waals surface area (Å²) in [4.78, 5) is 13.3. The van der Waals surface area contributed by atoms with Crippen LogP contribution in [0.15, 0.2) is 88.1 Å². The number of para-hydroxylation sites is 1.